The standard InChI is InChI=1S/C36H42ClN3O6/c1-23-25(26-12-9-15-32(24(26)2)46-20-10-18-39-16-6-7-17-39)11-8-13-27(23)34(41)38-30-22-33(45-3)28(21-29(30)37)35(42)40-19-5-4-14-31(40)36(43)44/h8-9,11-13,15,21-22,31H,4-7,10,14,16-20H2,1-3H3,(H,38,41)(H,43,44)/t31-/m0/s1. The zero-order valence-electron chi connectivity index (χ0n) is 26.7. The molecule has 46 heavy (non-hydrogen) atoms. The van der Waals surface area contributed by atoms with Crippen LogP contribution in [0.2, 0.25) is 5.02 Å². The van der Waals surface area contributed by atoms with Crippen LogP contribution in [0.25, 0.3) is 11.1 Å². The van der Waals surface area contributed by atoms with Crippen LogP contribution in [-0.4, -0.2) is 78.6 Å². The van der Waals surface area contributed by atoms with Crippen LogP contribution < -0.4 is 14.8 Å². The highest BCUT2D eigenvalue weighted by Crippen LogP contribution is 2.36. The van der Waals surface area contributed by atoms with E-state index >= 15 is 0 Å². The van der Waals surface area contributed by atoms with Gasteiger partial charge in [0.25, 0.3) is 11.8 Å². The molecule has 0 saturated carbocycles. The van der Waals surface area contributed by atoms with E-state index in [0.29, 0.717) is 31.6 Å². The van der Waals surface area contributed by atoms with Gasteiger partial charge in [-0.05, 0) is 106 Å². The molecule has 2 amide bonds. The van der Waals surface area contributed by atoms with Gasteiger partial charge < -0.3 is 29.7 Å². The maximum absolute atomic E-state index is 13.6. The fraction of sp³-hybridized carbons (Fsp3) is 0.417. The zero-order chi connectivity index (χ0) is 32.8. The lowest BCUT2D eigenvalue weighted by molar-refractivity contribution is -0.143. The van der Waals surface area contributed by atoms with Crippen LogP contribution in [-0.2, 0) is 4.79 Å². The molecule has 0 spiro atoms. The number of ether oxygens (including phenoxy) is 2. The topological polar surface area (TPSA) is 108 Å². The van der Waals surface area contributed by atoms with Crippen molar-refractivity contribution in [2.75, 3.05) is 45.2 Å². The number of halogens is 1. The van der Waals surface area contributed by atoms with E-state index in [9.17, 15) is 19.5 Å². The molecule has 5 rings (SSSR count). The van der Waals surface area contributed by atoms with Crippen molar-refractivity contribution in [3.8, 4) is 22.6 Å². The number of benzene rings is 3. The number of carboxylic acid groups (broad SMARTS) is 1. The van der Waals surface area contributed by atoms with Crippen molar-refractivity contribution in [3.63, 3.8) is 0 Å². The van der Waals surface area contributed by atoms with Gasteiger partial charge in [-0.1, -0.05) is 35.9 Å². The summed E-state index contributed by atoms with van der Waals surface area (Å²) in [4.78, 5) is 42.7. The minimum atomic E-state index is -1.04. The summed E-state index contributed by atoms with van der Waals surface area (Å²) in [5.41, 5.74) is 4.62. The Morgan fingerprint density at radius 3 is 2.33 bits per heavy atom. The van der Waals surface area contributed by atoms with Crippen LogP contribution in [0.15, 0.2) is 48.5 Å². The molecule has 0 radical (unpaired) electrons. The largest absolute Gasteiger partial charge is 0.496 e. The zero-order valence-corrected chi connectivity index (χ0v) is 27.5. The molecule has 2 aliphatic heterocycles. The van der Waals surface area contributed by atoms with Gasteiger partial charge in [-0.25, -0.2) is 4.79 Å². The normalized spacial score (nSPS) is 16.7. The molecule has 2 aliphatic rings. The van der Waals surface area contributed by atoms with E-state index < -0.39 is 17.9 Å². The van der Waals surface area contributed by atoms with Gasteiger partial charge in [-0.15, -0.1) is 0 Å². The molecular weight excluding hydrogens is 606 g/mol. The van der Waals surface area contributed by atoms with Crippen molar-refractivity contribution < 1.29 is 29.0 Å². The summed E-state index contributed by atoms with van der Waals surface area (Å²) >= 11 is 6.59. The first-order valence-electron chi connectivity index (χ1n) is 16.0. The first-order valence-corrected chi connectivity index (χ1v) is 16.3. The van der Waals surface area contributed by atoms with Gasteiger partial charge >= 0.3 is 5.97 Å². The minimum absolute atomic E-state index is 0.139. The van der Waals surface area contributed by atoms with Crippen molar-refractivity contribution in [1.82, 2.24) is 9.80 Å². The summed E-state index contributed by atoms with van der Waals surface area (Å²) in [5, 5.41) is 12.7. The van der Waals surface area contributed by atoms with Gasteiger partial charge in [0.2, 0.25) is 0 Å². The van der Waals surface area contributed by atoms with Crippen molar-refractivity contribution in [3.05, 3.63) is 75.8 Å². The highest BCUT2D eigenvalue weighted by molar-refractivity contribution is 6.34. The highest BCUT2D eigenvalue weighted by Gasteiger charge is 2.34. The molecule has 3 aromatic carbocycles. The summed E-state index contributed by atoms with van der Waals surface area (Å²) < 4.78 is 11.7. The van der Waals surface area contributed by atoms with Gasteiger partial charge in [-0.2, -0.15) is 0 Å². The Morgan fingerprint density at radius 2 is 1.61 bits per heavy atom. The maximum atomic E-state index is 13.6. The number of carbonyl (C=O) groups is 3. The van der Waals surface area contributed by atoms with Gasteiger partial charge in [0.05, 0.1) is 30.0 Å². The number of anilines is 1. The number of aliphatic carboxylic acids is 1. The third-order valence-corrected chi connectivity index (χ3v) is 9.36. The molecule has 2 fully saturated rings. The second-order valence-electron chi connectivity index (χ2n) is 12.0. The van der Waals surface area contributed by atoms with E-state index in [4.69, 9.17) is 21.1 Å². The lowest BCUT2D eigenvalue weighted by atomic mass is 9.93. The number of rotatable bonds is 11. The summed E-state index contributed by atoms with van der Waals surface area (Å²) in [5.74, 6) is -0.850. The monoisotopic (exact) mass is 647 g/mol. The lowest BCUT2D eigenvalue weighted by Crippen LogP contribution is -2.48. The summed E-state index contributed by atoms with van der Waals surface area (Å²) in [7, 11) is 1.41. The average Bonchev–Trinajstić information content (AvgIpc) is 3.58. The lowest BCUT2D eigenvalue weighted by Gasteiger charge is -2.33. The number of nitrogens with one attached hydrogen (secondary N) is 1. The third kappa shape index (κ3) is 7.32. The Bertz CT molecular complexity index is 1600. The van der Waals surface area contributed by atoms with E-state index in [1.165, 1.54) is 50.1 Å². The third-order valence-electron chi connectivity index (χ3n) is 9.04. The van der Waals surface area contributed by atoms with E-state index in [2.05, 4.69) is 10.2 Å². The van der Waals surface area contributed by atoms with Crippen LogP contribution >= 0.6 is 11.6 Å². The van der Waals surface area contributed by atoms with Gasteiger partial charge in [0.15, 0.2) is 0 Å². The van der Waals surface area contributed by atoms with E-state index in [1.807, 2.05) is 44.2 Å². The van der Waals surface area contributed by atoms with E-state index in [0.717, 1.165) is 47.4 Å². The number of hydrogen-bond donors (Lipinski definition) is 2. The molecule has 0 bridgehead atoms. The number of methoxy groups -OCH3 is 1. The molecule has 2 saturated heterocycles. The van der Waals surface area contributed by atoms with Crippen LogP contribution in [0, 0.1) is 13.8 Å². The molecule has 0 unspecified atom stereocenters. The number of carboxylic acids is 1. The van der Waals surface area contributed by atoms with E-state index in [1.54, 1.807) is 6.07 Å². The molecular formula is C36H42ClN3O6. The summed E-state index contributed by atoms with van der Waals surface area (Å²) in [6, 6.07) is 13.6. The van der Waals surface area contributed by atoms with Crippen molar-refractivity contribution >= 4 is 35.1 Å². The fourth-order valence-electron chi connectivity index (χ4n) is 6.47. The smallest absolute Gasteiger partial charge is 0.326 e. The SMILES string of the molecule is COc1cc(NC(=O)c2cccc(-c3cccc(OCCCN4CCCC4)c3C)c2C)c(Cl)cc1C(=O)N1CCCC[C@H]1C(=O)O. The molecule has 9 nitrogen and oxygen atoms in total. The predicted octanol–water partition coefficient (Wildman–Crippen LogP) is 6.83. The number of likely N-dealkylation sites (tertiary alicyclic amines) is 2. The maximum Gasteiger partial charge on any atom is 0.326 e. The average molecular weight is 648 g/mol. The van der Waals surface area contributed by atoms with Crippen LogP contribution in [0.4, 0.5) is 5.69 Å². The molecule has 0 aromatic heterocycles. The Morgan fingerprint density at radius 1 is 0.913 bits per heavy atom. The van der Waals surface area contributed by atoms with Gasteiger partial charge in [-0.3, -0.25) is 9.59 Å². The minimum Gasteiger partial charge on any atom is -0.496 e. The van der Waals surface area contributed by atoms with E-state index in [-0.39, 0.29) is 27.9 Å². The Kier molecular flexibility index (Phi) is 10.9. The number of piperidine rings is 1. The second-order valence-corrected chi connectivity index (χ2v) is 12.4. The van der Waals surface area contributed by atoms with Crippen LogP contribution in [0.3, 0.4) is 0 Å². The Balaban J connectivity index is 1.33. The number of amides is 2. The number of nitrogens with zero attached hydrogens (tertiary/aromatic N) is 2. The molecule has 3 aromatic rings. The van der Waals surface area contributed by atoms with Gasteiger partial charge in [0.1, 0.15) is 17.5 Å². The number of hydrogen-bond acceptors (Lipinski definition) is 6. The van der Waals surface area contributed by atoms with Crippen molar-refractivity contribution in [2.45, 2.75) is 58.4 Å². The van der Waals surface area contributed by atoms with Crippen LogP contribution in [0.1, 0.15) is 70.4 Å². The first-order chi connectivity index (χ1) is 22.2. The first kappa shape index (κ1) is 33.3. The quantitative estimate of drug-likeness (QED) is 0.220. The summed E-state index contributed by atoms with van der Waals surface area (Å²) in [6.07, 6.45) is 5.38. The predicted molar refractivity (Wildman–Crippen MR) is 179 cm³/mol. The Hall–Kier alpha value is -4.08. The van der Waals surface area contributed by atoms with Crippen molar-refractivity contribution in [1.29, 1.82) is 0 Å². The van der Waals surface area contributed by atoms with Crippen LogP contribution in [0.5, 0.6) is 11.5 Å². The Labute approximate surface area is 275 Å². The second kappa shape index (κ2) is 15.0. The molecule has 2 N–H and O–H groups in total. The molecule has 1 atom stereocenters. The van der Waals surface area contributed by atoms with Gasteiger partial charge in [0, 0.05) is 24.7 Å². The molecule has 10 heteroatoms. The van der Waals surface area contributed by atoms with Crippen molar-refractivity contribution in [2.24, 2.45) is 0 Å². The summed E-state index contributed by atoms with van der Waals surface area (Å²) in [6.45, 7) is 8.33. The number of carbonyl (C=O) groups excluding carboxylic acids is 2. The molecule has 244 valence electrons. The molecule has 0 aliphatic carbocycles. The fourth-order valence-corrected chi connectivity index (χ4v) is 6.68. The highest BCUT2D eigenvalue weighted by atomic mass is 35.5. The molecule has 2 heterocycles.